The molecule has 4 rings (SSSR count). The van der Waals surface area contributed by atoms with Gasteiger partial charge in [-0.05, 0) is 35.6 Å². The summed E-state index contributed by atoms with van der Waals surface area (Å²) >= 11 is 0. The van der Waals surface area contributed by atoms with Crippen LogP contribution in [-0.4, -0.2) is 15.7 Å². The van der Waals surface area contributed by atoms with Gasteiger partial charge in [-0.25, -0.2) is 8.78 Å². The largest absolute Gasteiger partial charge is 0.322 e. The summed E-state index contributed by atoms with van der Waals surface area (Å²) in [5.41, 5.74) is 3.71. The SMILES string of the molecule is Cn1cc(C(=O)Nc2cccc3c2C2C=C3CC2)c(C(F)F)n1. The van der Waals surface area contributed by atoms with Crippen LogP contribution in [0.25, 0.3) is 5.57 Å². The maximum absolute atomic E-state index is 13.0. The Labute approximate surface area is 131 Å². The number of hydrogen-bond acceptors (Lipinski definition) is 2. The van der Waals surface area contributed by atoms with Crippen LogP contribution in [0.2, 0.25) is 0 Å². The molecule has 1 aromatic heterocycles. The summed E-state index contributed by atoms with van der Waals surface area (Å²) in [5, 5.41) is 6.47. The van der Waals surface area contributed by atoms with E-state index in [4.69, 9.17) is 0 Å². The second-order valence-corrected chi connectivity index (χ2v) is 5.96. The molecular weight excluding hydrogens is 300 g/mol. The molecule has 0 saturated carbocycles. The number of nitrogens with one attached hydrogen (secondary N) is 1. The molecule has 1 aromatic carbocycles. The van der Waals surface area contributed by atoms with E-state index in [9.17, 15) is 13.6 Å². The Morgan fingerprint density at radius 1 is 1.43 bits per heavy atom. The van der Waals surface area contributed by atoms with Gasteiger partial charge in [0.15, 0.2) is 0 Å². The molecule has 0 radical (unpaired) electrons. The molecule has 2 aliphatic carbocycles. The number of carbonyl (C=O) groups is 1. The minimum Gasteiger partial charge on any atom is -0.322 e. The number of allylic oxidation sites excluding steroid dienone is 2. The van der Waals surface area contributed by atoms with Gasteiger partial charge in [0, 0.05) is 24.8 Å². The maximum atomic E-state index is 13.0. The van der Waals surface area contributed by atoms with E-state index < -0.39 is 18.0 Å². The van der Waals surface area contributed by atoms with Gasteiger partial charge in [0.2, 0.25) is 0 Å². The number of aryl methyl sites for hydroxylation is 1. The molecule has 0 aliphatic heterocycles. The zero-order valence-corrected chi connectivity index (χ0v) is 12.5. The van der Waals surface area contributed by atoms with E-state index in [-0.39, 0.29) is 5.56 Å². The van der Waals surface area contributed by atoms with Crippen LogP contribution in [0.4, 0.5) is 14.5 Å². The molecule has 4 nitrogen and oxygen atoms in total. The zero-order chi connectivity index (χ0) is 16.1. The van der Waals surface area contributed by atoms with Gasteiger partial charge in [0.05, 0.1) is 5.56 Å². The molecule has 6 heteroatoms. The van der Waals surface area contributed by atoms with Crippen LogP contribution in [-0.2, 0) is 7.05 Å². The van der Waals surface area contributed by atoms with Crippen LogP contribution in [0.15, 0.2) is 30.5 Å². The van der Waals surface area contributed by atoms with Crippen LogP contribution >= 0.6 is 0 Å². The molecule has 1 amide bonds. The third-order valence-corrected chi connectivity index (χ3v) is 4.51. The van der Waals surface area contributed by atoms with E-state index in [1.54, 1.807) is 0 Å². The summed E-state index contributed by atoms with van der Waals surface area (Å²) < 4.78 is 27.3. The number of fused-ring (bicyclic) bond motifs is 4. The fourth-order valence-corrected chi connectivity index (χ4v) is 3.56. The summed E-state index contributed by atoms with van der Waals surface area (Å²) in [7, 11) is 1.52. The average Bonchev–Trinajstić information content (AvgIpc) is 3.21. The first-order valence-corrected chi connectivity index (χ1v) is 7.51. The van der Waals surface area contributed by atoms with Crippen molar-refractivity contribution in [1.29, 1.82) is 0 Å². The van der Waals surface area contributed by atoms with Gasteiger partial charge in [-0.3, -0.25) is 9.48 Å². The predicted molar refractivity (Wildman–Crippen MR) is 82.5 cm³/mol. The molecule has 2 aromatic rings. The Hall–Kier alpha value is -2.50. The molecule has 118 valence electrons. The predicted octanol–water partition coefficient (Wildman–Crippen LogP) is 3.88. The highest BCUT2D eigenvalue weighted by atomic mass is 19.3. The fourth-order valence-electron chi connectivity index (χ4n) is 3.56. The molecule has 2 aliphatic rings. The van der Waals surface area contributed by atoms with Gasteiger partial charge in [-0.15, -0.1) is 0 Å². The van der Waals surface area contributed by atoms with E-state index in [1.807, 2.05) is 18.2 Å². The molecule has 0 fully saturated rings. The molecule has 1 heterocycles. The van der Waals surface area contributed by atoms with Gasteiger partial charge >= 0.3 is 0 Å². The highest BCUT2D eigenvalue weighted by molar-refractivity contribution is 6.06. The number of benzene rings is 1. The van der Waals surface area contributed by atoms with Crippen molar-refractivity contribution >= 4 is 17.2 Å². The second kappa shape index (κ2) is 5.01. The molecule has 0 spiro atoms. The van der Waals surface area contributed by atoms with Crippen LogP contribution in [0.5, 0.6) is 0 Å². The molecule has 1 atom stereocenters. The number of aromatic nitrogens is 2. The fraction of sp³-hybridized carbons (Fsp3) is 0.294. The monoisotopic (exact) mass is 315 g/mol. The Kier molecular flexibility index (Phi) is 3.07. The number of rotatable bonds is 3. The van der Waals surface area contributed by atoms with Crippen molar-refractivity contribution in [2.75, 3.05) is 5.32 Å². The highest BCUT2D eigenvalue weighted by Gasteiger charge is 2.32. The normalized spacial score (nSPS) is 18.3. The van der Waals surface area contributed by atoms with Crippen LogP contribution in [0.1, 0.15) is 52.4 Å². The lowest BCUT2D eigenvalue weighted by atomic mass is 9.89. The van der Waals surface area contributed by atoms with Gasteiger partial charge in [-0.1, -0.05) is 18.2 Å². The average molecular weight is 315 g/mol. The number of amides is 1. The second-order valence-electron chi connectivity index (χ2n) is 5.96. The van der Waals surface area contributed by atoms with Crippen molar-refractivity contribution < 1.29 is 13.6 Å². The van der Waals surface area contributed by atoms with Crippen LogP contribution < -0.4 is 5.32 Å². The van der Waals surface area contributed by atoms with E-state index in [1.165, 1.54) is 29.1 Å². The molecule has 2 bridgehead atoms. The number of nitrogens with zero attached hydrogens (tertiary/aromatic N) is 2. The molecule has 0 saturated heterocycles. The van der Waals surface area contributed by atoms with Gasteiger partial charge < -0.3 is 5.32 Å². The van der Waals surface area contributed by atoms with E-state index in [0.717, 1.165) is 18.4 Å². The highest BCUT2D eigenvalue weighted by Crippen LogP contribution is 2.50. The Morgan fingerprint density at radius 3 is 3.04 bits per heavy atom. The smallest absolute Gasteiger partial charge is 0.282 e. The first-order chi connectivity index (χ1) is 11.0. The first kappa shape index (κ1) is 14.1. The Balaban J connectivity index is 1.67. The minimum absolute atomic E-state index is 0.0834. The van der Waals surface area contributed by atoms with Crippen molar-refractivity contribution in [2.45, 2.75) is 25.2 Å². The molecule has 1 unspecified atom stereocenters. The van der Waals surface area contributed by atoms with E-state index in [0.29, 0.717) is 11.6 Å². The van der Waals surface area contributed by atoms with Crippen LogP contribution in [0.3, 0.4) is 0 Å². The van der Waals surface area contributed by atoms with Crippen molar-refractivity contribution in [3.05, 3.63) is 52.9 Å². The Morgan fingerprint density at radius 2 is 2.26 bits per heavy atom. The van der Waals surface area contributed by atoms with Crippen molar-refractivity contribution in [1.82, 2.24) is 9.78 Å². The summed E-state index contributed by atoms with van der Waals surface area (Å²) in [4.78, 5) is 12.4. The number of hydrogen-bond donors (Lipinski definition) is 1. The summed E-state index contributed by atoms with van der Waals surface area (Å²) in [6.07, 6.45) is 2.89. The molecule has 23 heavy (non-hydrogen) atoms. The number of alkyl halides is 2. The topological polar surface area (TPSA) is 46.9 Å². The lowest BCUT2D eigenvalue weighted by Crippen LogP contribution is -2.16. The van der Waals surface area contributed by atoms with E-state index >= 15 is 0 Å². The number of anilines is 1. The summed E-state index contributed by atoms with van der Waals surface area (Å²) in [5.74, 6) is -0.227. The third-order valence-electron chi connectivity index (χ3n) is 4.51. The lowest BCUT2D eigenvalue weighted by molar-refractivity contribution is 0.101. The van der Waals surface area contributed by atoms with Gasteiger partial charge in [0.1, 0.15) is 5.69 Å². The number of halogens is 2. The Bertz CT molecular complexity index is 838. The maximum Gasteiger partial charge on any atom is 0.282 e. The van der Waals surface area contributed by atoms with Crippen LogP contribution in [0, 0.1) is 0 Å². The molecule has 1 N–H and O–H groups in total. The third kappa shape index (κ3) is 2.17. The molecular formula is C17H15F2N3O. The zero-order valence-electron chi connectivity index (χ0n) is 12.5. The van der Waals surface area contributed by atoms with Crippen molar-refractivity contribution in [2.24, 2.45) is 7.05 Å². The van der Waals surface area contributed by atoms with Crippen molar-refractivity contribution in [3.8, 4) is 0 Å². The van der Waals surface area contributed by atoms with Gasteiger partial charge in [-0.2, -0.15) is 5.10 Å². The van der Waals surface area contributed by atoms with E-state index in [2.05, 4.69) is 16.5 Å². The number of carbonyl (C=O) groups excluding carboxylic acids is 1. The quantitative estimate of drug-likeness (QED) is 0.934. The van der Waals surface area contributed by atoms with Gasteiger partial charge in [0.25, 0.3) is 12.3 Å². The first-order valence-electron chi connectivity index (χ1n) is 7.51. The summed E-state index contributed by atoms with van der Waals surface area (Å²) in [6, 6.07) is 5.75. The lowest BCUT2D eigenvalue weighted by Gasteiger charge is -2.19. The summed E-state index contributed by atoms with van der Waals surface area (Å²) in [6.45, 7) is 0. The standard InChI is InChI=1S/C17H15F2N3O/c1-22-8-12(15(21-22)16(18)19)17(23)20-13-4-2-3-11-9-5-6-10(7-9)14(11)13/h2-4,7-8,10,16H,5-6H2,1H3,(H,20,23). The van der Waals surface area contributed by atoms with Crippen molar-refractivity contribution in [3.63, 3.8) is 0 Å². The minimum atomic E-state index is -2.78.